The standard InChI is InChI=1S/C25HF45N2O3/c26-5(27,8(32,33)11(38,39)23(65,66)73-14(44,17(47,48)49)18(50,51)52)2-1-3(6(28,29)9(34,35)12(40,41)24(67,68)74-15(45,19(53,54)55)20(56,57)58)72-4(71-2)7(30,31)10(36,37)13(42,43)25(69,70)75-16(46,21(59,60)61)22(62,63)64/h1H. The van der Waals surface area contributed by atoms with Crippen LogP contribution in [-0.2, 0) is 32.0 Å². The van der Waals surface area contributed by atoms with Gasteiger partial charge in [0.25, 0.3) is 0 Å². The van der Waals surface area contributed by atoms with E-state index in [2.05, 4.69) is 0 Å². The Labute approximate surface area is 372 Å². The lowest BCUT2D eigenvalue weighted by molar-refractivity contribution is -0.521. The summed E-state index contributed by atoms with van der Waals surface area (Å²) in [5, 5.41) is 0. The molecule has 0 aromatic carbocycles. The average molecular weight is 1230 g/mol. The molecule has 0 aliphatic rings. The Kier molecular flexibility index (Phi) is 16.2. The molecule has 5 nitrogen and oxygen atoms in total. The van der Waals surface area contributed by atoms with E-state index in [1.807, 2.05) is 0 Å². The van der Waals surface area contributed by atoms with Crippen LogP contribution >= 0.6 is 0 Å². The topological polar surface area (TPSA) is 53.5 Å². The first-order valence-corrected chi connectivity index (χ1v) is 15.7. The van der Waals surface area contributed by atoms with Gasteiger partial charge in [-0.1, -0.05) is 0 Å². The molecule has 444 valence electrons. The van der Waals surface area contributed by atoms with Gasteiger partial charge < -0.3 is 0 Å². The van der Waals surface area contributed by atoms with Crippen LogP contribution in [0.2, 0.25) is 0 Å². The lowest BCUT2D eigenvalue weighted by Crippen LogP contribution is -2.67. The summed E-state index contributed by atoms with van der Waals surface area (Å²) in [6.45, 7) is 0. The van der Waals surface area contributed by atoms with E-state index in [0.29, 0.717) is 9.97 Å². The van der Waals surface area contributed by atoms with Gasteiger partial charge in [0.2, 0.25) is 5.82 Å². The predicted molar refractivity (Wildman–Crippen MR) is 129 cm³/mol. The van der Waals surface area contributed by atoms with E-state index in [4.69, 9.17) is 0 Å². The number of nitrogens with zero attached hydrogens (tertiary/aromatic N) is 2. The third kappa shape index (κ3) is 10.0. The maximum Gasteiger partial charge on any atom is 0.458 e. The van der Waals surface area contributed by atoms with Gasteiger partial charge in [-0.3, -0.25) is 14.2 Å². The summed E-state index contributed by atoms with van der Waals surface area (Å²) in [4.78, 5) is 0.600. The fourth-order valence-corrected chi connectivity index (χ4v) is 4.06. The number of halogens is 45. The van der Waals surface area contributed by atoms with Gasteiger partial charge in [0.15, 0.2) is 0 Å². The summed E-state index contributed by atoms with van der Waals surface area (Å²) < 4.78 is 619. The molecule has 0 saturated carbocycles. The molecule has 0 aliphatic carbocycles. The summed E-state index contributed by atoms with van der Waals surface area (Å²) in [6, 6.07) is -3.29. The molecular weight excluding hydrogens is 1230 g/mol. The summed E-state index contributed by atoms with van der Waals surface area (Å²) in [5.74, 6) is -117. The lowest BCUT2D eigenvalue weighted by Gasteiger charge is -2.40. The third-order valence-electron chi connectivity index (χ3n) is 8.11. The number of hydrogen-bond acceptors (Lipinski definition) is 5. The highest BCUT2D eigenvalue weighted by Gasteiger charge is 2.91. The molecule has 1 rings (SSSR count). The Bertz CT molecular complexity index is 1910. The largest absolute Gasteiger partial charge is 0.458 e. The Morgan fingerprint density at radius 2 is 0.387 bits per heavy atom. The first-order chi connectivity index (χ1) is 31.7. The van der Waals surface area contributed by atoms with Crippen molar-refractivity contribution >= 4 is 0 Å². The average Bonchev–Trinajstić information content (AvgIpc) is 3.13. The minimum Gasteiger partial charge on any atom is -0.262 e. The molecule has 0 unspecified atom stereocenters. The van der Waals surface area contributed by atoms with Crippen LogP contribution in [0.3, 0.4) is 0 Å². The number of alkyl halides is 45. The van der Waals surface area contributed by atoms with Crippen molar-refractivity contribution in [1.82, 2.24) is 9.97 Å². The van der Waals surface area contributed by atoms with E-state index in [1.165, 1.54) is 0 Å². The van der Waals surface area contributed by atoms with Gasteiger partial charge in [-0.15, -0.1) is 0 Å². The van der Waals surface area contributed by atoms with E-state index < -0.39 is 150 Å². The Morgan fingerprint density at radius 3 is 0.547 bits per heavy atom. The lowest BCUT2D eigenvalue weighted by atomic mass is 9.95. The molecule has 1 aromatic heterocycles. The minimum absolute atomic E-state index is 0.300. The quantitative estimate of drug-likeness (QED) is 0.137. The van der Waals surface area contributed by atoms with Crippen LogP contribution in [0.4, 0.5) is 198 Å². The zero-order valence-corrected chi connectivity index (χ0v) is 31.7. The number of aromatic nitrogens is 2. The second-order valence-electron chi connectivity index (χ2n) is 13.3. The molecule has 0 spiro atoms. The van der Waals surface area contributed by atoms with Gasteiger partial charge in [0.1, 0.15) is 11.4 Å². The molecule has 1 heterocycles. The van der Waals surface area contributed by atoms with Crippen LogP contribution in [0, 0.1) is 0 Å². The molecule has 0 saturated heterocycles. The number of rotatable bonds is 18. The van der Waals surface area contributed by atoms with Crippen molar-refractivity contribution in [3.63, 3.8) is 0 Å². The summed E-state index contributed by atoms with van der Waals surface area (Å²) >= 11 is 0. The Morgan fingerprint density at radius 1 is 0.227 bits per heavy atom. The fourth-order valence-electron chi connectivity index (χ4n) is 4.06. The Balaban J connectivity index is 4.81. The monoisotopic (exact) mass is 1230 g/mol. The molecule has 0 amide bonds. The van der Waals surface area contributed by atoms with Crippen LogP contribution in [-0.4, -0.2) is 118 Å². The zero-order chi connectivity index (χ0) is 61.5. The number of ether oxygens (including phenoxy) is 3. The van der Waals surface area contributed by atoms with Crippen molar-refractivity contribution in [2.75, 3.05) is 0 Å². The van der Waals surface area contributed by atoms with Crippen molar-refractivity contribution in [3.05, 3.63) is 23.3 Å². The zero-order valence-electron chi connectivity index (χ0n) is 31.7. The van der Waals surface area contributed by atoms with Crippen molar-refractivity contribution in [2.45, 2.75) is 126 Å². The molecule has 1 aromatic rings. The highest BCUT2D eigenvalue weighted by atomic mass is 19.5. The molecule has 0 atom stereocenters. The second kappa shape index (κ2) is 17.7. The molecule has 0 fully saturated rings. The van der Waals surface area contributed by atoms with Crippen molar-refractivity contribution < 1.29 is 212 Å². The first kappa shape index (κ1) is 68.8. The van der Waals surface area contributed by atoms with Crippen LogP contribution < -0.4 is 0 Å². The molecule has 50 heteroatoms. The highest BCUT2D eigenvalue weighted by molar-refractivity contribution is 5.28. The molecule has 75 heavy (non-hydrogen) atoms. The molecule has 0 N–H and O–H groups in total. The van der Waals surface area contributed by atoms with Crippen LogP contribution in [0.15, 0.2) is 6.07 Å². The first-order valence-electron chi connectivity index (χ1n) is 15.7. The predicted octanol–water partition coefficient (Wildman–Crippen LogP) is 14.8. The molecular formula is C25HF45N2O3. The van der Waals surface area contributed by atoms with Gasteiger partial charge in [-0.2, -0.15) is 198 Å². The smallest absolute Gasteiger partial charge is 0.262 e. The number of hydrogen-bond donors (Lipinski definition) is 0. The summed E-state index contributed by atoms with van der Waals surface area (Å²) in [6.07, 6.45) is -78.4. The highest BCUT2D eigenvalue weighted by Crippen LogP contribution is 2.64. The fraction of sp³-hybridized carbons (Fsp3) is 0.840. The maximum absolute atomic E-state index is 15.1. The van der Waals surface area contributed by atoms with E-state index in [1.54, 1.807) is 0 Å². The molecule has 0 aliphatic heterocycles. The van der Waals surface area contributed by atoms with Gasteiger partial charge in [0, 0.05) is 0 Å². The van der Waals surface area contributed by atoms with E-state index in [0.717, 1.165) is 14.2 Å². The van der Waals surface area contributed by atoms with Crippen molar-refractivity contribution in [3.8, 4) is 0 Å². The van der Waals surface area contributed by atoms with Gasteiger partial charge in [0.05, 0.1) is 0 Å². The normalized spacial score (nSPS) is 16.8. The molecule has 0 bridgehead atoms. The van der Waals surface area contributed by atoms with E-state index in [-0.39, 0.29) is 0 Å². The molecule has 0 radical (unpaired) electrons. The van der Waals surface area contributed by atoms with Crippen molar-refractivity contribution in [2.24, 2.45) is 0 Å². The van der Waals surface area contributed by atoms with Gasteiger partial charge in [-0.25, -0.2) is 9.97 Å². The SMILES string of the molecule is FC(F)(F)C(F)(OC(F)(F)C(F)(F)C(F)(F)C(F)(F)c1cc(C(F)(F)C(F)(F)C(F)(F)C(F)(F)OC(F)(C(F)(F)F)C(F)(F)F)nc(C(F)(F)C(F)(F)C(F)(F)C(F)(F)OC(F)(C(F)(F)F)C(F)(F)F)n1)C(F)(F)F. The minimum atomic E-state index is -9.64. The van der Waals surface area contributed by atoms with Crippen molar-refractivity contribution in [1.29, 1.82) is 0 Å². The van der Waals surface area contributed by atoms with E-state index >= 15 is 26.3 Å². The van der Waals surface area contributed by atoms with Gasteiger partial charge in [-0.05, 0) is 6.07 Å². The van der Waals surface area contributed by atoms with Crippen LogP contribution in [0.5, 0.6) is 0 Å². The third-order valence-corrected chi connectivity index (χ3v) is 8.11. The van der Waals surface area contributed by atoms with Crippen LogP contribution in [0.1, 0.15) is 17.2 Å². The Hall–Kier alpha value is -4.19. The second-order valence-corrected chi connectivity index (χ2v) is 13.3. The maximum atomic E-state index is 15.1. The van der Waals surface area contributed by atoms with Gasteiger partial charge >= 0.3 is 126 Å². The summed E-state index contributed by atoms with van der Waals surface area (Å²) in [7, 11) is 0. The van der Waals surface area contributed by atoms with Crippen LogP contribution in [0.25, 0.3) is 0 Å². The van der Waals surface area contributed by atoms with E-state index in [9.17, 15) is 171 Å². The summed E-state index contributed by atoms with van der Waals surface area (Å²) in [5.41, 5.74) is -11.2.